The van der Waals surface area contributed by atoms with Gasteiger partial charge in [0, 0.05) is 12.6 Å². The Morgan fingerprint density at radius 1 is 1.28 bits per heavy atom. The number of rotatable bonds is 5. The summed E-state index contributed by atoms with van der Waals surface area (Å²) in [5, 5.41) is 12.8. The van der Waals surface area contributed by atoms with Crippen molar-refractivity contribution in [1.82, 2.24) is 5.32 Å². The zero-order valence-electron chi connectivity index (χ0n) is 11.0. The van der Waals surface area contributed by atoms with Gasteiger partial charge in [-0.3, -0.25) is 0 Å². The van der Waals surface area contributed by atoms with E-state index in [1.807, 2.05) is 25.1 Å². The number of aliphatic hydroxyl groups excluding tert-OH is 1. The van der Waals surface area contributed by atoms with E-state index in [2.05, 4.69) is 12.2 Å². The Morgan fingerprint density at radius 3 is 2.72 bits per heavy atom. The highest BCUT2D eigenvalue weighted by atomic mass is 16.6. The lowest BCUT2D eigenvalue weighted by molar-refractivity contribution is 0.163. The predicted molar refractivity (Wildman–Crippen MR) is 70.1 cm³/mol. The Labute approximate surface area is 108 Å². The number of aliphatic hydroxyl groups is 1. The molecule has 2 rings (SSSR count). The van der Waals surface area contributed by atoms with Gasteiger partial charge in [-0.25, -0.2) is 0 Å². The summed E-state index contributed by atoms with van der Waals surface area (Å²) in [6.07, 6.45) is 0.477. The molecule has 1 aliphatic rings. The van der Waals surface area contributed by atoms with Gasteiger partial charge in [-0.2, -0.15) is 0 Å². The van der Waals surface area contributed by atoms with Gasteiger partial charge in [0.15, 0.2) is 11.5 Å². The largest absolute Gasteiger partial charge is 0.486 e. The molecule has 0 aliphatic carbocycles. The molecule has 18 heavy (non-hydrogen) atoms. The fraction of sp³-hybridized carbons (Fsp3) is 0.571. The van der Waals surface area contributed by atoms with Crippen LogP contribution in [0.3, 0.4) is 0 Å². The molecule has 100 valence electrons. The molecule has 0 aromatic heterocycles. The maximum atomic E-state index is 9.54. The van der Waals surface area contributed by atoms with Crippen molar-refractivity contribution in [3.63, 3.8) is 0 Å². The van der Waals surface area contributed by atoms with Gasteiger partial charge >= 0.3 is 0 Å². The molecule has 0 amide bonds. The third-order valence-corrected chi connectivity index (χ3v) is 3.20. The van der Waals surface area contributed by atoms with Crippen LogP contribution in [0.5, 0.6) is 11.5 Å². The summed E-state index contributed by atoms with van der Waals surface area (Å²) in [6.45, 7) is 5.87. The van der Waals surface area contributed by atoms with E-state index >= 15 is 0 Å². The molecule has 0 saturated heterocycles. The monoisotopic (exact) mass is 251 g/mol. The molecular formula is C14H21NO3. The average molecular weight is 251 g/mol. The number of ether oxygens (including phenoxy) is 2. The van der Waals surface area contributed by atoms with Gasteiger partial charge in [0.2, 0.25) is 0 Å². The van der Waals surface area contributed by atoms with Crippen LogP contribution in [0.4, 0.5) is 0 Å². The molecule has 0 spiro atoms. The quantitative estimate of drug-likeness (QED) is 0.839. The van der Waals surface area contributed by atoms with E-state index < -0.39 is 0 Å². The molecule has 4 heteroatoms. The van der Waals surface area contributed by atoms with E-state index in [4.69, 9.17) is 9.47 Å². The molecule has 1 heterocycles. The summed E-state index contributed by atoms with van der Waals surface area (Å²) < 4.78 is 11.0. The Hall–Kier alpha value is -1.26. The zero-order valence-corrected chi connectivity index (χ0v) is 11.0. The Morgan fingerprint density at radius 2 is 2.00 bits per heavy atom. The molecule has 0 radical (unpaired) electrons. The lowest BCUT2D eigenvalue weighted by atomic mass is 10.1. The van der Waals surface area contributed by atoms with Gasteiger partial charge in [-0.15, -0.1) is 0 Å². The van der Waals surface area contributed by atoms with Gasteiger partial charge in [-0.1, -0.05) is 13.0 Å². The first kappa shape index (κ1) is 13.2. The molecule has 1 aliphatic heterocycles. The van der Waals surface area contributed by atoms with Crippen LogP contribution in [0.25, 0.3) is 0 Å². The van der Waals surface area contributed by atoms with Crippen molar-refractivity contribution in [3.05, 3.63) is 23.8 Å². The molecule has 0 bridgehead atoms. The van der Waals surface area contributed by atoms with Crippen molar-refractivity contribution in [3.8, 4) is 11.5 Å². The lowest BCUT2D eigenvalue weighted by Crippen LogP contribution is -2.28. The van der Waals surface area contributed by atoms with Crippen LogP contribution in [-0.2, 0) is 0 Å². The van der Waals surface area contributed by atoms with Crippen molar-refractivity contribution in [1.29, 1.82) is 0 Å². The summed E-state index contributed by atoms with van der Waals surface area (Å²) >= 11 is 0. The van der Waals surface area contributed by atoms with E-state index in [1.54, 1.807) is 0 Å². The van der Waals surface area contributed by atoms with Gasteiger partial charge in [0.25, 0.3) is 0 Å². The summed E-state index contributed by atoms with van der Waals surface area (Å²) in [5.41, 5.74) is 1.14. The maximum absolute atomic E-state index is 9.54. The minimum absolute atomic E-state index is 0.182. The van der Waals surface area contributed by atoms with Crippen LogP contribution in [0.2, 0.25) is 0 Å². The number of benzene rings is 1. The fourth-order valence-corrected chi connectivity index (χ4v) is 1.90. The number of hydrogen-bond acceptors (Lipinski definition) is 4. The van der Waals surface area contributed by atoms with Gasteiger partial charge in [0.1, 0.15) is 13.2 Å². The summed E-state index contributed by atoms with van der Waals surface area (Å²) in [5.74, 6) is 1.62. The van der Waals surface area contributed by atoms with Crippen molar-refractivity contribution in [2.45, 2.75) is 32.4 Å². The first-order valence-electron chi connectivity index (χ1n) is 6.51. The Kier molecular flexibility index (Phi) is 4.44. The van der Waals surface area contributed by atoms with Crippen LogP contribution in [-0.4, -0.2) is 31.0 Å². The molecule has 2 unspecified atom stereocenters. The highest BCUT2D eigenvalue weighted by Crippen LogP contribution is 2.32. The molecule has 0 fully saturated rings. The lowest BCUT2D eigenvalue weighted by Gasteiger charge is -2.21. The molecular weight excluding hydrogens is 230 g/mol. The van der Waals surface area contributed by atoms with E-state index in [9.17, 15) is 5.11 Å². The van der Waals surface area contributed by atoms with Gasteiger partial charge < -0.3 is 19.9 Å². The summed E-state index contributed by atoms with van der Waals surface area (Å²) in [6, 6.07) is 6.16. The minimum Gasteiger partial charge on any atom is -0.486 e. The van der Waals surface area contributed by atoms with Crippen molar-refractivity contribution in [2.75, 3.05) is 19.8 Å². The van der Waals surface area contributed by atoms with E-state index in [0.29, 0.717) is 19.8 Å². The normalized spacial score (nSPS) is 17.3. The van der Waals surface area contributed by atoms with Crippen molar-refractivity contribution in [2.24, 2.45) is 0 Å². The minimum atomic E-state index is -0.287. The second kappa shape index (κ2) is 6.07. The Bertz CT molecular complexity index is 395. The standard InChI is InChI=1S/C14H21NO3/c1-3-12(16)9-15-10(2)11-4-5-13-14(8-11)18-7-6-17-13/h4-5,8,10,12,15-16H,3,6-7,9H2,1-2H3. The van der Waals surface area contributed by atoms with Gasteiger partial charge in [0.05, 0.1) is 6.10 Å². The molecule has 4 nitrogen and oxygen atoms in total. The van der Waals surface area contributed by atoms with Crippen molar-refractivity contribution >= 4 is 0 Å². The Balaban J connectivity index is 1.99. The van der Waals surface area contributed by atoms with Crippen molar-refractivity contribution < 1.29 is 14.6 Å². The second-order valence-corrected chi connectivity index (χ2v) is 4.60. The smallest absolute Gasteiger partial charge is 0.161 e. The summed E-state index contributed by atoms with van der Waals surface area (Å²) in [4.78, 5) is 0. The molecule has 1 aromatic rings. The highest BCUT2D eigenvalue weighted by molar-refractivity contribution is 5.44. The number of hydrogen-bond donors (Lipinski definition) is 2. The van der Waals surface area contributed by atoms with Crippen LogP contribution in [0.15, 0.2) is 18.2 Å². The van der Waals surface area contributed by atoms with E-state index in [0.717, 1.165) is 23.5 Å². The maximum Gasteiger partial charge on any atom is 0.161 e. The molecule has 2 atom stereocenters. The van der Waals surface area contributed by atoms with E-state index in [1.165, 1.54) is 0 Å². The fourth-order valence-electron chi connectivity index (χ4n) is 1.90. The van der Waals surface area contributed by atoms with Crippen LogP contribution < -0.4 is 14.8 Å². The molecule has 2 N–H and O–H groups in total. The highest BCUT2D eigenvalue weighted by Gasteiger charge is 2.14. The average Bonchev–Trinajstić information content (AvgIpc) is 2.43. The zero-order chi connectivity index (χ0) is 13.0. The number of nitrogens with one attached hydrogen (secondary N) is 1. The van der Waals surface area contributed by atoms with Crippen LogP contribution >= 0.6 is 0 Å². The molecule has 1 aromatic carbocycles. The summed E-state index contributed by atoms with van der Waals surface area (Å²) in [7, 11) is 0. The third-order valence-electron chi connectivity index (χ3n) is 3.20. The topological polar surface area (TPSA) is 50.7 Å². The first-order valence-corrected chi connectivity index (χ1v) is 6.51. The van der Waals surface area contributed by atoms with Crippen LogP contribution in [0, 0.1) is 0 Å². The number of fused-ring (bicyclic) bond motifs is 1. The third kappa shape index (κ3) is 3.15. The molecule has 0 saturated carbocycles. The first-order chi connectivity index (χ1) is 8.70. The van der Waals surface area contributed by atoms with E-state index in [-0.39, 0.29) is 12.1 Å². The van der Waals surface area contributed by atoms with Gasteiger partial charge in [-0.05, 0) is 31.0 Å². The predicted octanol–water partition coefficient (Wildman–Crippen LogP) is 1.88. The second-order valence-electron chi connectivity index (χ2n) is 4.60. The SMILES string of the molecule is CCC(O)CNC(C)c1ccc2c(c1)OCCO2. The van der Waals surface area contributed by atoms with Crippen LogP contribution in [0.1, 0.15) is 31.9 Å².